The number of rotatable bonds is 6. The topological polar surface area (TPSA) is 35.5 Å². The standard InChI is InChI=1S/C17H16F2O3S/c1-10(23-12-5-6-13(18)14(19)9-12)17(20)11-4-7-15(21-2)16(8-11)22-3/h4-10H,1-3H3. The lowest BCUT2D eigenvalue weighted by Gasteiger charge is -2.13. The highest BCUT2D eigenvalue weighted by Gasteiger charge is 2.19. The summed E-state index contributed by atoms with van der Waals surface area (Å²) >= 11 is 1.16. The van der Waals surface area contributed by atoms with Crippen molar-refractivity contribution in [3.8, 4) is 11.5 Å². The summed E-state index contributed by atoms with van der Waals surface area (Å²) in [4.78, 5) is 13.0. The Morgan fingerprint density at radius 3 is 2.30 bits per heavy atom. The molecule has 0 aliphatic rings. The molecule has 122 valence electrons. The summed E-state index contributed by atoms with van der Waals surface area (Å²) in [6, 6.07) is 8.47. The average Bonchev–Trinajstić information content (AvgIpc) is 2.56. The van der Waals surface area contributed by atoms with E-state index in [0.29, 0.717) is 22.0 Å². The van der Waals surface area contributed by atoms with Crippen LogP contribution in [-0.2, 0) is 0 Å². The van der Waals surface area contributed by atoms with Crippen LogP contribution in [0.2, 0.25) is 0 Å². The molecule has 6 heteroatoms. The molecule has 1 atom stereocenters. The Morgan fingerprint density at radius 2 is 1.70 bits per heavy atom. The van der Waals surface area contributed by atoms with Gasteiger partial charge in [0.15, 0.2) is 28.9 Å². The first-order chi connectivity index (χ1) is 11.0. The number of benzene rings is 2. The smallest absolute Gasteiger partial charge is 0.176 e. The van der Waals surface area contributed by atoms with Gasteiger partial charge in [-0.05, 0) is 43.3 Å². The van der Waals surface area contributed by atoms with E-state index in [1.165, 1.54) is 20.3 Å². The molecule has 0 amide bonds. The minimum atomic E-state index is -0.930. The third-order valence-corrected chi connectivity index (χ3v) is 4.33. The van der Waals surface area contributed by atoms with Gasteiger partial charge < -0.3 is 9.47 Å². The van der Waals surface area contributed by atoms with Gasteiger partial charge in [-0.25, -0.2) is 8.78 Å². The molecule has 0 spiro atoms. The van der Waals surface area contributed by atoms with Crippen LogP contribution in [0.5, 0.6) is 11.5 Å². The minimum Gasteiger partial charge on any atom is -0.493 e. The highest BCUT2D eigenvalue weighted by atomic mass is 32.2. The number of ketones is 1. The van der Waals surface area contributed by atoms with Crippen molar-refractivity contribution in [2.75, 3.05) is 14.2 Å². The number of Topliss-reactive ketones (excluding diaryl/α,β-unsaturated/α-hetero) is 1. The van der Waals surface area contributed by atoms with Crippen molar-refractivity contribution >= 4 is 17.5 Å². The molecule has 0 saturated carbocycles. The Bertz CT molecular complexity index is 719. The van der Waals surface area contributed by atoms with Gasteiger partial charge in [-0.2, -0.15) is 0 Å². The largest absolute Gasteiger partial charge is 0.493 e. The second-order valence-corrected chi connectivity index (χ2v) is 6.18. The number of carbonyl (C=O) groups is 1. The third-order valence-electron chi connectivity index (χ3n) is 3.24. The summed E-state index contributed by atoms with van der Waals surface area (Å²) in [5, 5.41) is -0.460. The molecule has 0 radical (unpaired) electrons. The van der Waals surface area contributed by atoms with Gasteiger partial charge in [-0.3, -0.25) is 4.79 Å². The second-order valence-electron chi connectivity index (χ2n) is 4.77. The number of methoxy groups -OCH3 is 2. The van der Waals surface area contributed by atoms with Crippen molar-refractivity contribution in [1.82, 2.24) is 0 Å². The number of carbonyl (C=O) groups excluding carboxylic acids is 1. The highest BCUT2D eigenvalue weighted by molar-refractivity contribution is 8.00. The average molecular weight is 338 g/mol. The summed E-state index contributed by atoms with van der Waals surface area (Å²) in [6.45, 7) is 1.71. The van der Waals surface area contributed by atoms with Crippen molar-refractivity contribution in [3.63, 3.8) is 0 Å². The molecule has 2 aromatic carbocycles. The van der Waals surface area contributed by atoms with Crippen LogP contribution < -0.4 is 9.47 Å². The van der Waals surface area contributed by atoms with E-state index in [9.17, 15) is 13.6 Å². The molecule has 0 fully saturated rings. The van der Waals surface area contributed by atoms with Crippen molar-refractivity contribution in [1.29, 1.82) is 0 Å². The van der Waals surface area contributed by atoms with Crippen molar-refractivity contribution in [2.24, 2.45) is 0 Å². The van der Waals surface area contributed by atoms with Gasteiger partial charge in [0.05, 0.1) is 19.5 Å². The number of halogens is 2. The first kappa shape index (κ1) is 17.3. The van der Waals surface area contributed by atoms with Gasteiger partial charge in [0.2, 0.25) is 0 Å². The summed E-state index contributed by atoms with van der Waals surface area (Å²) in [7, 11) is 3.01. The zero-order chi connectivity index (χ0) is 17.0. The zero-order valence-corrected chi connectivity index (χ0v) is 13.7. The molecule has 3 nitrogen and oxygen atoms in total. The number of hydrogen-bond acceptors (Lipinski definition) is 4. The van der Waals surface area contributed by atoms with Crippen LogP contribution in [0.25, 0.3) is 0 Å². The Labute approximate surface area is 137 Å². The molecule has 0 saturated heterocycles. The predicted molar refractivity (Wildman–Crippen MR) is 85.6 cm³/mol. The highest BCUT2D eigenvalue weighted by Crippen LogP contribution is 2.31. The molecule has 2 rings (SSSR count). The molecule has 0 aliphatic carbocycles. The van der Waals surface area contributed by atoms with Crippen LogP contribution in [-0.4, -0.2) is 25.3 Å². The normalized spacial score (nSPS) is 11.9. The fourth-order valence-electron chi connectivity index (χ4n) is 2.03. The Morgan fingerprint density at radius 1 is 1.00 bits per heavy atom. The maximum atomic E-state index is 13.2. The molecule has 0 aliphatic heterocycles. The van der Waals surface area contributed by atoms with Gasteiger partial charge in [0.25, 0.3) is 0 Å². The first-order valence-electron chi connectivity index (χ1n) is 6.84. The quantitative estimate of drug-likeness (QED) is 0.580. The number of thioether (sulfide) groups is 1. The molecule has 0 aromatic heterocycles. The number of hydrogen-bond donors (Lipinski definition) is 0. The van der Waals surface area contributed by atoms with Crippen LogP contribution >= 0.6 is 11.8 Å². The Hall–Kier alpha value is -2.08. The van der Waals surface area contributed by atoms with Gasteiger partial charge in [0.1, 0.15) is 0 Å². The van der Waals surface area contributed by atoms with E-state index in [2.05, 4.69) is 0 Å². The summed E-state index contributed by atoms with van der Waals surface area (Å²) in [5.74, 6) is -0.983. The molecule has 0 heterocycles. The van der Waals surface area contributed by atoms with Gasteiger partial charge in [0, 0.05) is 10.5 Å². The molecule has 0 bridgehead atoms. The molecule has 1 unspecified atom stereocenters. The van der Waals surface area contributed by atoms with Gasteiger partial charge in [-0.15, -0.1) is 11.8 Å². The lowest BCUT2D eigenvalue weighted by atomic mass is 10.1. The fraction of sp³-hybridized carbons (Fsp3) is 0.235. The lowest BCUT2D eigenvalue weighted by molar-refractivity contribution is 0.0993. The molecular formula is C17H16F2O3S. The Balaban J connectivity index is 2.17. The van der Waals surface area contributed by atoms with Crippen molar-refractivity contribution in [3.05, 3.63) is 53.6 Å². The fourth-order valence-corrected chi connectivity index (χ4v) is 3.00. The van der Waals surface area contributed by atoms with Crippen LogP contribution in [0.3, 0.4) is 0 Å². The van der Waals surface area contributed by atoms with E-state index < -0.39 is 16.9 Å². The number of ether oxygens (including phenoxy) is 2. The van der Waals surface area contributed by atoms with Crippen LogP contribution in [0.1, 0.15) is 17.3 Å². The Kier molecular flexibility index (Phi) is 5.60. The van der Waals surface area contributed by atoms with Crippen LogP contribution in [0, 0.1) is 11.6 Å². The predicted octanol–water partition coefficient (Wildman–Crippen LogP) is 4.35. The van der Waals surface area contributed by atoms with Crippen LogP contribution in [0.4, 0.5) is 8.78 Å². The summed E-state index contributed by atoms with van der Waals surface area (Å²) in [6.07, 6.45) is 0. The lowest BCUT2D eigenvalue weighted by Crippen LogP contribution is -2.13. The van der Waals surface area contributed by atoms with Crippen molar-refractivity contribution < 1.29 is 23.0 Å². The molecule has 2 aromatic rings. The van der Waals surface area contributed by atoms with Gasteiger partial charge in [-0.1, -0.05) is 0 Å². The van der Waals surface area contributed by atoms with E-state index in [4.69, 9.17) is 9.47 Å². The van der Waals surface area contributed by atoms with Crippen LogP contribution in [0.15, 0.2) is 41.3 Å². The first-order valence-corrected chi connectivity index (χ1v) is 7.72. The van der Waals surface area contributed by atoms with Gasteiger partial charge >= 0.3 is 0 Å². The zero-order valence-electron chi connectivity index (χ0n) is 12.9. The van der Waals surface area contributed by atoms with E-state index >= 15 is 0 Å². The second kappa shape index (κ2) is 7.46. The van der Waals surface area contributed by atoms with E-state index in [1.54, 1.807) is 25.1 Å². The molecule has 0 N–H and O–H groups in total. The van der Waals surface area contributed by atoms with E-state index in [0.717, 1.165) is 23.9 Å². The molecule has 23 heavy (non-hydrogen) atoms. The monoisotopic (exact) mass is 338 g/mol. The van der Waals surface area contributed by atoms with Crippen molar-refractivity contribution in [2.45, 2.75) is 17.1 Å². The maximum Gasteiger partial charge on any atom is 0.176 e. The summed E-state index contributed by atoms with van der Waals surface area (Å²) < 4.78 is 36.5. The van der Waals surface area contributed by atoms with E-state index in [1.807, 2.05) is 0 Å². The SMILES string of the molecule is COc1ccc(C(=O)C(C)Sc2ccc(F)c(F)c2)cc1OC. The third kappa shape index (κ3) is 4.01. The summed E-state index contributed by atoms with van der Waals surface area (Å²) in [5.41, 5.74) is 0.463. The minimum absolute atomic E-state index is 0.138. The maximum absolute atomic E-state index is 13.2. The van der Waals surface area contributed by atoms with E-state index in [-0.39, 0.29) is 5.78 Å². The molecular weight excluding hydrogens is 322 g/mol.